The minimum Gasteiger partial charge on any atom is -0.332 e. The molecule has 0 radical (unpaired) electrons. The van der Waals surface area contributed by atoms with E-state index in [1.165, 1.54) is 16.0 Å². The van der Waals surface area contributed by atoms with Crippen molar-refractivity contribution >= 4 is 40.5 Å². The number of anilines is 2. The van der Waals surface area contributed by atoms with Crippen LogP contribution in [0.15, 0.2) is 47.4 Å². The minimum absolute atomic E-state index is 0.636. The topological polar surface area (TPSA) is 24.1 Å². The highest BCUT2D eigenvalue weighted by atomic mass is 32.2. The summed E-state index contributed by atoms with van der Waals surface area (Å²) in [6, 6.07) is 14.6. The summed E-state index contributed by atoms with van der Waals surface area (Å²) in [5, 5.41) is 7.34. The van der Waals surface area contributed by atoms with Gasteiger partial charge in [0.05, 0.1) is 5.69 Å². The first-order valence-corrected chi connectivity index (χ1v) is 9.14. The fourth-order valence-corrected chi connectivity index (χ4v) is 3.18. The fraction of sp³-hybridized carbons (Fsp3) is 0.278. The van der Waals surface area contributed by atoms with Crippen molar-refractivity contribution < 1.29 is 0 Å². The van der Waals surface area contributed by atoms with Crippen LogP contribution in [0.1, 0.15) is 25.0 Å². The Labute approximate surface area is 142 Å². The van der Waals surface area contributed by atoms with E-state index in [2.05, 4.69) is 55.0 Å². The standard InChI is InChI=1S/C18H22N2S2/c1-4-13-9-8-10-14(5-2)17(13)20-18(21)19-15-11-6-7-12-16(15)22-3/h6-12H,4-5H2,1-3H3,(H2,19,20,21). The molecule has 0 aliphatic rings. The molecular formula is C18H22N2S2. The van der Waals surface area contributed by atoms with E-state index in [-0.39, 0.29) is 0 Å². The molecule has 116 valence electrons. The maximum atomic E-state index is 5.51. The molecule has 0 saturated carbocycles. The van der Waals surface area contributed by atoms with Gasteiger partial charge in [0.2, 0.25) is 0 Å². The second-order valence-electron chi connectivity index (χ2n) is 4.94. The maximum absolute atomic E-state index is 5.51. The Morgan fingerprint density at radius 2 is 1.59 bits per heavy atom. The van der Waals surface area contributed by atoms with Crippen molar-refractivity contribution in [2.24, 2.45) is 0 Å². The van der Waals surface area contributed by atoms with Crippen LogP contribution >= 0.6 is 24.0 Å². The molecule has 0 unspecified atom stereocenters. The molecule has 22 heavy (non-hydrogen) atoms. The summed E-state index contributed by atoms with van der Waals surface area (Å²) in [6.45, 7) is 4.33. The van der Waals surface area contributed by atoms with Gasteiger partial charge in [-0.3, -0.25) is 0 Å². The highest BCUT2D eigenvalue weighted by Crippen LogP contribution is 2.26. The van der Waals surface area contributed by atoms with Crippen LogP contribution < -0.4 is 10.6 Å². The largest absolute Gasteiger partial charge is 0.332 e. The average molecular weight is 331 g/mol. The van der Waals surface area contributed by atoms with Crippen LogP contribution in [0.3, 0.4) is 0 Å². The van der Waals surface area contributed by atoms with Gasteiger partial charge in [-0.05, 0) is 54.6 Å². The lowest BCUT2D eigenvalue weighted by Gasteiger charge is -2.17. The number of para-hydroxylation sites is 2. The Morgan fingerprint density at radius 1 is 0.955 bits per heavy atom. The molecule has 0 aliphatic heterocycles. The monoisotopic (exact) mass is 330 g/mol. The van der Waals surface area contributed by atoms with Gasteiger partial charge in [0, 0.05) is 10.6 Å². The number of benzene rings is 2. The predicted molar refractivity (Wildman–Crippen MR) is 103 cm³/mol. The van der Waals surface area contributed by atoms with E-state index in [9.17, 15) is 0 Å². The third-order valence-corrected chi connectivity index (χ3v) is 4.59. The quantitative estimate of drug-likeness (QED) is 0.570. The molecule has 4 heteroatoms. The Morgan fingerprint density at radius 3 is 2.18 bits per heavy atom. The van der Waals surface area contributed by atoms with E-state index in [0.29, 0.717) is 5.11 Å². The van der Waals surface area contributed by atoms with Gasteiger partial charge in [0.1, 0.15) is 0 Å². The maximum Gasteiger partial charge on any atom is 0.175 e. The number of thioether (sulfide) groups is 1. The van der Waals surface area contributed by atoms with Crippen LogP contribution in [0.4, 0.5) is 11.4 Å². The van der Waals surface area contributed by atoms with E-state index >= 15 is 0 Å². The number of hydrogen-bond acceptors (Lipinski definition) is 2. The number of aryl methyl sites for hydroxylation is 2. The minimum atomic E-state index is 0.636. The van der Waals surface area contributed by atoms with Gasteiger partial charge in [-0.1, -0.05) is 44.2 Å². The molecule has 0 saturated heterocycles. The van der Waals surface area contributed by atoms with E-state index < -0.39 is 0 Å². The van der Waals surface area contributed by atoms with Crippen LogP contribution in [-0.2, 0) is 12.8 Å². The SMILES string of the molecule is CCc1cccc(CC)c1NC(=S)Nc1ccccc1SC. The molecule has 0 amide bonds. The van der Waals surface area contributed by atoms with Crippen molar-refractivity contribution in [2.45, 2.75) is 31.6 Å². The van der Waals surface area contributed by atoms with E-state index in [1.54, 1.807) is 11.8 Å². The summed E-state index contributed by atoms with van der Waals surface area (Å²) >= 11 is 7.22. The summed E-state index contributed by atoms with van der Waals surface area (Å²) in [5.74, 6) is 0. The molecule has 2 rings (SSSR count). The highest BCUT2D eigenvalue weighted by molar-refractivity contribution is 7.98. The molecule has 0 bridgehead atoms. The number of thiocarbonyl (C=S) groups is 1. The van der Waals surface area contributed by atoms with E-state index in [1.807, 2.05) is 18.2 Å². The first-order chi connectivity index (χ1) is 10.7. The molecule has 0 heterocycles. The Balaban J connectivity index is 2.19. The van der Waals surface area contributed by atoms with Crippen molar-refractivity contribution in [1.29, 1.82) is 0 Å². The second-order valence-corrected chi connectivity index (χ2v) is 6.19. The fourth-order valence-electron chi connectivity index (χ4n) is 2.42. The second kappa shape index (κ2) is 8.20. The van der Waals surface area contributed by atoms with Crippen LogP contribution in [-0.4, -0.2) is 11.4 Å². The Hall–Kier alpha value is -1.52. The lowest BCUT2D eigenvalue weighted by atomic mass is 10.0. The van der Waals surface area contributed by atoms with Crippen molar-refractivity contribution in [1.82, 2.24) is 0 Å². The summed E-state index contributed by atoms with van der Waals surface area (Å²) in [7, 11) is 0. The molecule has 2 aromatic carbocycles. The first-order valence-electron chi connectivity index (χ1n) is 7.51. The molecule has 0 aromatic heterocycles. The van der Waals surface area contributed by atoms with Gasteiger partial charge in [0.15, 0.2) is 5.11 Å². The third-order valence-electron chi connectivity index (χ3n) is 3.59. The molecule has 2 aromatic rings. The van der Waals surface area contributed by atoms with E-state index in [4.69, 9.17) is 12.2 Å². The lowest BCUT2D eigenvalue weighted by Crippen LogP contribution is -2.21. The number of nitrogens with one attached hydrogen (secondary N) is 2. The molecule has 0 spiro atoms. The van der Waals surface area contributed by atoms with Crippen molar-refractivity contribution in [2.75, 3.05) is 16.9 Å². The van der Waals surface area contributed by atoms with Gasteiger partial charge < -0.3 is 10.6 Å². The third kappa shape index (κ3) is 4.02. The molecule has 2 nitrogen and oxygen atoms in total. The van der Waals surface area contributed by atoms with Gasteiger partial charge in [-0.2, -0.15) is 0 Å². The first kappa shape index (κ1) is 16.8. The van der Waals surface area contributed by atoms with Crippen LogP contribution in [0.5, 0.6) is 0 Å². The highest BCUT2D eigenvalue weighted by Gasteiger charge is 2.09. The molecule has 0 atom stereocenters. The smallest absolute Gasteiger partial charge is 0.175 e. The van der Waals surface area contributed by atoms with Gasteiger partial charge in [-0.25, -0.2) is 0 Å². The molecule has 2 N–H and O–H groups in total. The van der Waals surface area contributed by atoms with Crippen molar-refractivity contribution in [3.63, 3.8) is 0 Å². The predicted octanol–water partition coefficient (Wildman–Crippen LogP) is 5.34. The van der Waals surface area contributed by atoms with Gasteiger partial charge >= 0.3 is 0 Å². The zero-order valence-corrected chi connectivity index (χ0v) is 14.9. The molecule has 0 fully saturated rings. The van der Waals surface area contributed by atoms with Crippen LogP contribution in [0.2, 0.25) is 0 Å². The summed E-state index contributed by atoms with van der Waals surface area (Å²) in [4.78, 5) is 1.19. The van der Waals surface area contributed by atoms with Crippen molar-refractivity contribution in [3.05, 3.63) is 53.6 Å². The lowest BCUT2D eigenvalue weighted by molar-refractivity contribution is 1.09. The van der Waals surface area contributed by atoms with Gasteiger partial charge in [-0.15, -0.1) is 11.8 Å². The van der Waals surface area contributed by atoms with Gasteiger partial charge in [0.25, 0.3) is 0 Å². The van der Waals surface area contributed by atoms with Crippen molar-refractivity contribution in [3.8, 4) is 0 Å². The number of hydrogen-bond donors (Lipinski definition) is 2. The number of rotatable bonds is 5. The normalized spacial score (nSPS) is 10.3. The Bertz CT molecular complexity index is 631. The summed E-state index contributed by atoms with van der Waals surface area (Å²) in [5.41, 5.74) is 4.77. The zero-order valence-electron chi connectivity index (χ0n) is 13.3. The average Bonchev–Trinajstić information content (AvgIpc) is 2.55. The summed E-state index contributed by atoms with van der Waals surface area (Å²) in [6.07, 6.45) is 4.04. The van der Waals surface area contributed by atoms with Crippen LogP contribution in [0.25, 0.3) is 0 Å². The zero-order chi connectivity index (χ0) is 15.9. The summed E-state index contributed by atoms with van der Waals surface area (Å²) < 4.78 is 0. The van der Waals surface area contributed by atoms with Crippen LogP contribution in [0, 0.1) is 0 Å². The van der Waals surface area contributed by atoms with E-state index in [0.717, 1.165) is 24.2 Å². The molecular weight excluding hydrogens is 308 g/mol. The Kier molecular flexibility index (Phi) is 6.28. The molecule has 0 aliphatic carbocycles.